The Labute approximate surface area is 80.8 Å². The summed E-state index contributed by atoms with van der Waals surface area (Å²) < 4.78 is 1.26. The molecule has 0 aliphatic rings. The van der Waals surface area contributed by atoms with Crippen molar-refractivity contribution in [3.05, 3.63) is 35.2 Å². The maximum atomic E-state index is 8.77. The summed E-state index contributed by atoms with van der Waals surface area (Å²) in [6.45, 7) is 1.94. The zero-order valence-corrected chi connectivity index (χ0v) is 8.14. The number of thiophene rings is 1. The van der Waals surface area contributed by atoms with E-state index in [9.17, 15) is 0 Å². The molecular formula is C10H11NOS. The minimum Gasteiger partial charge on any atom is -0.316 e. The average Bonchev–Trinajstić information content (AvgIpc) is 2.59. The standard InChI is InChI=1S/C10H11NOS/c1-7(11-12)10-6-8-4-2-3-5-9(8)13-10/h2-7,11-12H,1H3. The maximum Gasteiger partial charge on any atom is 0.0634 e. The highest BCUT2D eigenvalue weighted by atomic mass is 32.1. The fourth-order valence-corrected chi connectivity index (χ4v) is 2.34. The van der Waals surface area contributed by atoms with Crippen molar-refractivity contribution in [3.8, 4) is 0 Å². The van der Waals surface area contributed by atoms with Gasteiger partial charge in [0.15, 0.2) is 0 Å². The van der Waals surface area contributed by atoms with Crippen molar-refractivity contribution in [3.63, 3.8) is 0 Å². The van der Waals surface area contributed by atoms with Gasteiger partial charge in [0.25, 0.3) is 0 Å². The van der Waals surface area contributed by atoms with E-state index in [1.807, 2.05) is 19.1 Å². The van der Waals surface area contributed by atoms with Crippen LogP contribution in [0, 0.1) is 0 Å². The van der Waals surface area contributed by atoms with Gasteiger partial charge in [-0.3, -0.25) is 0 Å². The molecule has 0 saturated carbocycles. The molecule has 0 saturated heterocycles. The third-order valence-electron chi connectivity index (χ3n) is 2.07. The number of hydrogen-bond donors (Lipinski definition) is 2. The predicted molar refractivity (Wildman–Crippen MR) is 55.2 cm³/mol. The van der Waals surface area contributed by atoms with E-state index in [0.29, 0.717) is 0 Å². The van der Waals surface area contributed by atoms with Crippen molar-refractivity contribution < 1.29 is 5.21 Å². The summed E-state index contributed by atoms with van der Waals surface area (Å²) in [6, 6.07) is 10.3. The van der Waals surface area contributed by atoms with Gasteiger partial charge >= 0.3 is 0 Å². The topological polar surface area (TPSA) is 32.3 Å². The van der Waals surface area contributed by atoms with Crippen molar-refractivity contribution >= 4 is 21.4 Å². The molecule has 0 bridgehead atoms. The molecule has 68 valence electrons. The highest BCUT2D eigenvalue weighted by molar-refractivity contribution is 7.19. The molecule has 2 N–H and O–H groups in total. The van der Waals surface area contributed by atoms with E-state index in [1.54, 1.807) is 11.3 Å². The van der Waals surface area contributed by atoms with Gasteiger partial charge in [-0.1, -0.05) is 18.2 Å². The van der Waals surface area contributed by atoms with E-state index in [4.69, 9.17) is 5.21 Å². The molecule has 2 rings (SSSR count). The van der Waals surface area contributed by atoms with E-state index in [2.05, 4.69) is 23.7 Å². The Balaban J connectivity index is 2.49. The number of benzene rings is 1. The van der Waals surface area contributed by atoms with E-state index >= 15 is 0 Å². The van der Waals surface area contributed by atoms with Crippen molar-refractivity contribution in [1.82, 2.24) is 5.48 Å². The lowest BCUT2D eigenvalue weighted by atomic mass is 10.2. The summed E-state index contributed by atoms with van der Waals surface area (Å²) in [5.41, 5.74) is 2.25. The quantitative estimate of drug-likeness (QED) is 0.719. The van der Waals surface area contributed by atoms with E-state index in [0.717, 1.165) is 4.88 Å². The summed E-state index contributed by atoms with van der Waals surface area (Å²) in [6.07, 6.45) is 0. The van der Waals surface area contributed by atoms with Gasteiger partial charge in [0, 0.05) is 9.58 Å². The van der Waals surface area contributed by atoms with Gasteiger partial charge in [-0.15, -0.1) is 11.3 Å². The molecule has 1 aromatic heterocycles. The molecule has 1 unspecified atom stereocenters. The number of fused-ring (bicyclic) bond motifs is 1. The minimum absolute atomic E-state index is 0.0115. The van der Waals surface area contributed by atoms with E-state index < -0.39 is 0 Å². The molecule has 2 nitrogen and oxygen atoms in total. The summed E-state index contributed by atoms with van der Waals surface area (Å²) in [7, 11) is 0. The largest absolute Gasteiger partial charge is 0.316 e. The third-order valence-corrected chi connectivity index (χ3v) is 3.36. The Morgan fingerprint density at radius 3 is 2.85 bits per heavy atom. The van der Waals surface area contributed by atoms with Crippen molar-refractivity contribution in [1.29, 1.82) is 0 Å². The van der Waals surface area contributed by atoms with Gasteiger partial charge < -0.3 is 5.21 Å². The SMILES string of the molecule is CC(NO)c1cc2ccccc2s1. The smallest absolute Gasteiger partial charge is 0.0634 e. The van der Waals surface area contributed by atoms with Crippen LogP contribution < -0.4 is 5.48 Å². The Kier molecular flexibility index (Phi) is 2.31. The lowest BCUT2D eigenvalue weighted by molar-refractivity contribution is 0.135. The Morgan fingerprint density at radius 1 is 1.38 bits per heavy atom. The van der Waals surface area contributed by atoms with Gasteiger partial charge in [0.1, 0.15) is 0 Å². The lowest BCUT2D eigenvalue weighted by Crippen LogP contribution is -2.11. The number of nitrogens with one attached hydrogen (secondary N) is 1. The molecule has 0 aliphatic heterocycles. The van der Waals surface area contributed by atoms with Crippen LogP contribution >= 0.6 is 11.3 Å². The summed E-state index contributed by atoms with van der Waals surface area (Å²) in [5, 5.41) is 10.0. The Morgan fingerprint density at radius 2 is 2.15 bits per heavy atom. The molecule has 0 aliphatic carbocycles. The molecule has 3 heteroatoms. The molecule has 1 aromatic carbocycles. The number of hydroxylamine groups is 1. The van der Waals surface area contributed by atoms with Crippen molar-refractivity contribution in [2.45, 2.75) is 13.0 Å². The van der Waals surface area contributed by atoms with Crippen LogP contribution in [0.1, 0.15) is 17.8 Å². The lowest BCUT2D eigenvalue weighted by Gasteiger charge is -2.03. The van der Waals surface area contributed by atoms with Crippen molar-refractivity contribution in [2.75, 3.05) is 0 Å². The molecule has 13 heavy (non-hydrogen) atoms. The monoisotopic (exact) mass is 193 g/mol. The first kappa shape index (κ1) is 8.69. The first-order valence-electron chi connectivity index (χ1n) is 4.19. The van der Waals surface area contributed by atoms with Crippen LogP contribution in [0.3, 0.4) is 0 Å². The van der Waals surface area contributed by atoms with Crippen LogP contribution in [0.2, 0.25) is 0 Å². The highest BCUT2D eigenvalue weighted by Gasteiger charge is 2.07. The molecule has 2 aromatic rings. The second-order valence-corrected chi connectivity index (χ2v) is 4.15. The number of hydrogen-bond acceptors (Lipinski definition) is 3. The zero-order valence-electron chi connectivity index (χ0n) is 7.32. The van der Waals surface area contributed by atoms with E-state index in [1.165, 1.54) is 10.1 Å². The number of rotatable bonds is 2. The second-order valence-electron chi connectivity index (χ2n) is 3.04. The van der Waals surface area contributed by atoms with Gasteiger partial charge in [-0.25, -0.2) is 0 Å². The third kappa shape index (κ3) is 1.58. The highest BCUT2D eigenvalue weighted by Crippen LogP contribution is 2.29. The van der Waals surface area contributed by atoms with Crippen LogP contribution in [-0.2, 0) is 0 Å². The van der Waals surface area contributed by atoms with Gasteiger partial charge in [-0.2, -0.15) is 5.48 Å². The predicted octanol–water partition coefficient (Wildman–Crippen LogP) is 2.94. The maximum absolute atomic E-state index is 8.77. The molecule has 1 atom stereocenters. The average molecular weight is 193 g/mol. The second kappa shape index (κ2) is 3.46. The van der Waals surface area contributed by atoms with E-state index in [-0.39, 0.29) is 6.04 Å². The van der Waals surface area contributed by atoms with Crippen LogP contribution in [0.25, 0.3) is 10.1 Å². The van der Waals surface area contributed by atoms with Crippen LogP contribution in [0.15, 0.2) is 30.3 Å². The summed E-state index contributed by atoms with van der Waals surface area (Å²) in [5.74, 6) is 0. The first-order chi connectivity index (χ1) is 6.31. The molecule has 1 heterocycles. The summed E-state index contributed by atoms with van der Waals surface area (Å²) >= 11 is 1.71. The molecular weight excluding hydrogens is 182 g/mol. The van der Waals surface area contributed by atoms with Gasteiger partial charge in [-0.05, 0) is 24.4 Å². The Bertz CT molecular complexity index is 377. The fourth-order valence-electron chi connectivity index (χ4n) is 1.28. The molecule has 0 fully saturated rings. The zero-order chi connectivity index (χ0) is 9.26. The normalized spacial score (nSPS) is 13.4. The minimum atomic E-state index is 0.0115. The molecule has 0 spiro atoms. The Hall–Kier alpha value is -0.900. The van der Waals surface area contributed by atoms with Gasteiger partial charge in [0.05, 0.1) is 6.04 Å². The first-order valence-corrected chi connectivity index (χ1v) is 5.01. The molecule has 0 amide bonds. The van der Waals surface area contributed by atoms with Crippen LogP contribution in [0.4, 0.5) is 0 Å². The van der Waals surface area contributed by atoms with Crippen molar-refractivity contribution in [2.24, 2.45) is 0 Å². The van der Waals surface area contributed by atoms with Gasteiger partial charge in [0.2, 0.25) is 0 Å². The summed E-state index contributed by atoms with van der Waals surface area (Å²) in [4.78, 5) is 1.16. The molecule has 0 radical (unpaired) electrons. The van der Waals surface area contributed by atoms with Crippen LogP contribution in [0.5, 0.6) is 0 Å². The fraction of sp³-hybridized carbons (Fsp3) is 0.200. The van der Waals surface area contributed by atoms with Crippen LogP contribution in [-0.4, -0.2) is 5.21 Å².